The maximum atomic E-state index is 12.4. The fourth-order valence-corrected chi connectivity index (χ4v) is 3.80. The Morgan fingerprint density at radius 3 is 2.63 bits per heavy atom. The van der Waals surface area contributed by atoms with E-state index in [-0.39, 0.29) is 16.5 Å². The summed E-state index contributed by atoms with van der Waals surface area (Å²) in [6.07, 6.45) is -1.27. The van der Waals surface area contributed by atoms with E-state index in [2.05, 4.69) is 10.3 Å². The van der Waals surface area contributed by atoms with Gasteiger partial charge in [0.2, 0.25) is 11.7 Å². The number of rotatable bonds is 4. The van der Waals surface area contributed by atoms with Crippen LogP contribution in [0.5, 0.6) is 0 Å². The predicted molar refractivity (Wildman–Crippen MR) is 98.7 cm³/mol. The van der Waals surface area contributed by atoms with Crippen molar-refractivity contribution in [2.45, 2.75) is 63.9 Å². The number of nitrogens with zero attached hydrogens (tertiary/aromatic N) is 3. The maximum Gasteiger partial charge on any atom is 0.233 e. The minimum atomic E-state index is -1.89. The Kier molecular flexibility index (Phi) is 5.08. The van der Waals surface area contributed by atoms with E-state index >= 15 is 0 Å². The van der Waals surface area contributed by atoms with Crippen LogP contribution in [0.1, 0.15) is 45.5 Å². The molecular weight excluding hydrogens is 374 g/mol. The number of ether oxygens (including phenoxy) is 1. The van der Waals surface area contributed by atoms with Gasteiger partial charge in [0.1, 0.15) is 22.9 Å². The summed E-state index contributed by atoms with van der Waals surface area (Å²) in [7, 11) is 0. The summed E-state index contributed by atoms with van der Waals surface area (Å²) in [5, 5.41) is 23.4. The number of hydrogen-bond donors (Lipinski definition) is 4. The quantitative estimate of drug-likeness (QED) is 0.477. The van der Waals surface area contributed by atoms with E-state index in [4.69, 9.17) is 22.7 Å². The van der Waals surface area contributed by atoms with Crippen LogP contribution in [0.3, 0.4) is 0 Å². The van der Waals surface area contributed by atoms with Crippen molar-refractivity contribution in [3.05, 3.63) is 12.0 Å². The first-order valence-corrected chi connectivity index (χ1v) is 9.06. The Morgan fingerprint density at radius 1 is 1.41 bits per heavy atom. The fourth-order valence-electron chi connectivity index (χ4n) is 3.50. The number of anilines is 1. The van der Waals surface area contributed by atoms with E-state index in [1.807, 2.05) is 6.92 Å². The molecule has 27 heavy (non-hydrogen) atoms. The number of nitrogens with two attached hydrogens (primary N) is 1. The number of aliphatic hydroxyl groups is 2. The van der Waals surface area contributed by atoms with Gasteiger partial charge in [-0.2, -0.15) is 0 Å². The average molecular weight is 397 g/mol. The lowest BCUT2D eigenvalue weighted by Gasteiger charge is -2.43. The van der Waals surface area contributed by atoms with Crippen LogP contribution < -0.4 is 16.0 Å². The van der Waals surface area contributed by atoms with Gasteiger partial charge >= 0.3 is 0 Å². The lowest BCUT2D eigenvalue weighted by atomic mass is 10.1. The van der Waals surface area contributed by atoms with Crippen molar-refractivity contribution in [2.75, 3.05) is 4.90 Å². The molecule has 0 spiro atoms. The molecule has 5 N–H and O–H groups in total. The molecule has 0 radical (unpaired) electrons. The molecule has 3 heterocycles. The molecule has 10 nitrogen and oxygen atoms in total. The van der Waals surface area contributed by atoms with Gasteiger partial charge in [0, 0.05) is 13.8 Å². The molecule has 1 aromatic heterocycles. The summed E-state index contributed by atoms with van der Waals surface area (Å²) in [6, 6.07) is 0. The summed E-state index contributed by atoms with van der Waals surface area (Å²) >= 11 is 5.26. The van der Waals surface area contributed by atoms with Crippen molar-refractivity contribution in [2.24, 2.45) is 5.73 Å². The lowest BCUT2D eigenvalue weighted by molar-refractivity contribution is -0.127. The number of ketones is 1. The van der Waals surface area contributed by atoms with Crippen LogP contribution in [0.4, 0.5) is 5.82 Å². The molecule has 2 aliphatic rings. The van der Waals surface area contributed by atoms with Gasteiger partial charge in [0.05, 0.1) is 12.4 Å². The zero-order valence-corrected chi connectivity index (χ0v) is 16.1. The average Bonchev–Trinajstić information content (AvgIpc) is 3.12. The number of aliphatic hydroxyl groups excluding tert-OH is 2. The molecule has 2 aliphatic heterocycles. The highest BCUT2D eigenvalue weighted by molar-refractivity contribution is 7.80. The van der Waals surface area contributed by atoms with Crippen LogP contribution in [-0.4, -0.2) is 60.5 Å². The number of fused-ring (bicyclic) bond motifs is 1. The standard InChI is InChI=1S/C16H23N5O5S/c1-4-5-9-11(24)12(25)15(26-9)20-6-18-10-13(27)19-16(17,7(2)22)21(8(3)23)14(10)20/h6,9,11-12,15,24-25H,4-5,17H2,1-3H3,(H,19,27)/t9-,11?,12?,15-,16?/m1/s1. The number of amides is 1. The minimum absolute atomic E-state index is 0.0945. The fraction of sp³-hybridized carbons (Fsp3) is 0.625. The van der Waals surface area contributed by atoms with Crippen LogP contribution in [0.25, 0.3) is 0 Å². The molecule has 11 heteroatoms. The topological polar surface area (TPSA) is 143 Å². The highest BCUT2D eigenvalue weighted by Gasteiger charge is 2.51. The van der Waals surface area contributed by atoms with Gasteiger partial charge < -0.3 is 20.3 Å². The van der Waals surface area contributed by atoms with Crippen molar-refractivity contribution in [3.63, 3.8) is 0 Å². The second-order valence-corrected chi connectivity index (χ2v) is 7.20. The van der Waals surface area contributed by atoms with Gasteiger partial charge in [0.15, 0.2) is 17.8 Å². The monoisotopic (exact) mass is 397 g/mol. The summed E-state index contributed by atoms with van der Waals surface area (Å²) in [5.74, 6) is -2.81. The van der Waals surface area contributed by atoms with Crippen LogP contribution >= 0.6 is 12.2 Å². The molecular formula is C16H23N5O5S. The first-order valence-electron chi connectivity index (χ1n) is 8.65. The first-order chi connectivity index (χ1) is 12.6. The van der Waals surface area contributed by atoms with E-state index in [1.54, 1.807) is 0 Å². The SMILES string of the molecule is CCC[C@H]1O[C@@H](n2cnc3c2N(C(C)=O)C(N)(C(C)=O)NC3=S)C(O)C1O. The summed E-state index contributed by atoms with van der Waals surface area (Å²) in [6.45, 7) is 4.42. The molecule has 148 valence electrons. The molecule has 0 aromatic carbocycles. The molecule has 3 rings (SSSR count). The number of thiocarbonyl (C=S) groups is 1. The van der Waals surface area contributed by atoms with E-state index in [0.717, 1.165) is 11.3 Å². The number of nitrogens with one attached hydrogen (secondary N) is 1. The molecule has 0 aliphatic carbocycles. The Balaban J connectivity index is 2.11. The molecule has 0 saturated carbocycles. The smallest absolute Gasteiger partial charge is 0.233 e. The third kappa shape index (κ3) is 2.95. The van der Waals surface area contributed by atoms with Gasteiger partial charge in [-0.1, -0.05) is 25.6 Å². The van der Waals surface area contributed by atoms with Crippen LogP contribution in [0.15, 0.2) is 6.33 Å². The van der Waals surface area contributed by atoms with Crippen molar-refractivity contribution >= 4 is 34.7 Å². The Morgan fingerprint density at radius 2 is 2.07 bits per heavy atom. The van der Waals surface area contributed by atoms with Crippen molar-refractivity contribution in [1.29, 1.82) is 0 Å². The zero-order valence-electron chi connectivity index (χ0n) is 15.2. The Bertz CT molecular complexity index is 798. The normalized spacial score (nSPS) is 33.0. The molecule has 1 fully saturated rings. The molecule has 1 aromatic rings. The number of imidazole rings is 1. The van der Waals surface area contributed by atoms with Gasteiger partial charge in [-0.15, -0.1) is 0 Å². The second-order valence-electron chi connectivity index (χ2n) is 6.79. The van der Waals surface area contributed by atoms with Crippen molar-refractivity contribution in [1.82, 2.24) is 14.9 Å². The molecule has 1 amide bonds. The third-order valence-corrected chi connectivity index (χ3v) is 5.18. The summed E-state index contributed by atoms with van der Waals surface area (Å²) in [5.41, 5.74) is 6.41. The summed E-state index contributed by atoms with van der Waals surface area (Å²) in [4.78, 5) is 29.9. The van der Waals surface area contributed by atoms with Crippen molar-refractivity contribution < 1.29 is 24.5 Å². The number of hydrogen-bond acceptors (Lipinski definition) is 8. The minimum Gasteiger partial charge on any atom is -0.388 e. The Hall–Kier alpha value is -1.92. The number of aromatic nitrogens is 2. The molecule has 3 unspecified atom stereocenters. The van der Waals surface area contributed by atoms with Crippen LogP contribution in [-0.2, 0) is 14.3 Å². The van der Waals surface area contributed by atoms with E-state index in [1.165, 1.54) is 24.7 Å². The molecule has 0 bridgehead atoms. The molecule has 5 atom stereocenters. The van der Waals surface area contributed by atoms with Gasteiger partial charge in [0.25, 0.3) is 0 Å². The number of carbonyl (C=O) groups excluding carboxylic acids is 2. The highest BCUT2D eigenvalue weighted by atomic mass is 32.1. The first kappa shape index (κ1) is 19.8. The third-order valence-electron chi connectivity index (χ3n) is 4.89. The predicted octanol–water partition coefficient (Wildman–Crippen LogP) is -0.864. The number of carbonyl (C=O) groups is 2. The summed E-state index contributed by atoms with van der Waals surface area (Å²) < 4.78 is 7.21. The zero-order chi connectivity index (χ0) is 20.1. The maximum absolute atomic E-state index is 12.4. The van der Waals surface area contributed by atoms with Gasteiger partial charge in [-0.3, -0.25) is 24.8 Å². The van der Waals surface area contributed by atoms with Gasteiger partial charge in [-0.25, -0.2) is 4.98 Å². The van der Waals surface area contributed by atoms with Crippen LogP contribution in [0, 0.1) is 0 Å². The highest BCUT2D eigenvalue weighted by Crippen LogP contribution is 2.38. The van der Waals surface area contributed by atoms with E-state index < -0.39 is 42.0 Å². The van der Waals surface area contributed by atoms with E-state index in [0.29, 0.717) is 6.42 Å². The lowest BCUT2D eigenvalue weighted by Crippen LogP contribution is -2.75. The van der Waals surface area contributed by atoms with Crippen LogP contribution in [0.2, 0.25) is 0 Å². The van der Waals surface area contributed by atoms with E-state index in [9.17, 15) is 19.8 Å². The largest absolute Gasteiger partial charge is 0.388 e. The van der Waals surface area contributed by atoms with Crippen molar-refractivity contribution in [3.8, 4) is 0 Å². The second kappa shape index (κ2) is 6.91. The molecule has 1 saturated heterocycles. The number of Topliss-reactive ketones (excluding diaryl/α,β-unsaturated/α-hetero) is 1. The Labute approximate surface area is 161 Å². The van der Waals surface area contributed by atoms with Gasteiger partial charge in [-0.05, 0) is 6.42 Å².